The normalized spacial score (nSPS) is 12.9. The predicted molar refractivity (Wildman–Crippen MR) is 89.8 cm³/mol. The first-order valence-electron chi connectivity index (χ1n) is 7.45. The minimum atomic E-state index is 0.503. The summed E-state index contributed by atoms with van der Waals surface area (Å²) in [6.45, 7) is 10.9. The van der Waals surface area contributed by atoms with E-state index in [2.05, 4.69) is 31.0 Å². The fraction of sp³-hybridized carbons (Fsp3) is 0.625. The van der Waals surface area contributed by atoms with Crippen LogP contribution < -0.4 is 5.32 Å². The van der Waals surface area contributed by atoms with Gasteiger partial charge >= 0.3 is 0 Å². The van der Waals surface area contributed by atoms with E-state index in [1.807, 2.05) is 12.1 Å². The van der Waals surface area contributed by atoms with Crippen molar-refractivity contribution in [3.63, 3.8) is 0 Å². The largest absolute Gasteiger partial charge is 0.310 e. The SMILES string of the molecule is CCN(CC)CCCC(C)NCc1cc(Cl)cc(Cl)c1. The molecule has 4 heteroatoms. The zero-order valence-electron chi connectivity index (χ0n) is 12.8. The second-order valence-electron chi connectivity index (χ2n) is 5.23. The lowest BCUT2D eigenvalue weighted by atomic mass is 10.1. The first-order chi connectivity index (χ1) is 9.55. The van der Waals surface area contributed by atoms with E-state index in [0.717, 1.165) is 25.2 Å². The molecule has 114 valence electrons. The van der Waals surface area contributed by atoms with Gasteiger partial charge in [-0.15, -0.1) is 0 Å². The molecule has 0 saturated carbocycles. The van der Waals surface area contributed by atoms with Crippen molar-refractivity contribution in [2.75, 3.05) is 19.6 Å². The summed E-state index contributed by atoms with van der Waals surface area (Å²) in [6.07, 6.45) is 2.41. The van der Waals surface area contributed by atoms with E-state index in [9.17, 15) is 0 Å². The van der Waals surface area contributed by atoms with Crippen molar-refractivity contribution in [3.05, 3.63) is 33.8 Å². The van der Waals surface area contributed by atoms with Gasteiger partial charge in [-0.25, -0.2) is 0 Å². The molecule has 1 aromatic rings. The number of hydrogen-bond acceptors (Lipinski definition) is 2. The van der Waals surface area contributed by atoms with Crippen LogP contribution in [0, 0.1) is 0 Å². The van der Waals surface area contributed by atoms with Crippen molar-refractivity contribution < 1.29 is 0 Å². The number of halogens is 2. The van der Waals surface area contributed by atoms with Crippen molar-refractivity contribution in [1.29, 1.82) is 0 Å². The molecule has 0 heterocycles. The molecule has 20 heavy (non-hydrogen) atoms. The minimum Gasteiger partial charge on any atom is -0.310 e. The van der Waals surface area contributed by atoms with Gasteiger partial charge in [0.15, 0.2) is 0 Å². The molecule has 1 atom stereocenters. The predicted octanol–water partition coefficient (Wildman–Crippen LogP) is 4.59. The number of rotatable bonds is 9. The lowest BCUT2D eigenvalue weighted by Gasteiger charge is -2.20. The highest BCUT2D eigenvalue weighted by Crippen LogP contribution is 2.19. The van der Waals surface area contributed by atoms with Crippen molar-refractivity contribution in [2.24, 2.45) is 0 Å². The lowest BCUT2D eigenvalue weighted by Crippen LogP contribution is -2.28. The zero-order chi connectivity index (χ0) is 15.0. The lowest BCUT2D eigenvalue weighted by molar-refractivity contribution is 0.290. The van der Waals surface area contributed by atoms with Gasteiger partial charge in [0.2, 0.25) is 0 Å². The summed E-state index contributed by atoms with van der Waals surface area (Å²) in [7, 11) is 0. The van der Waals surface area contributed by atoms with Crippen molar-refractivity contribution in [1.82, 2.24) is 10.2 Å². The Hall–Kier alpha value is -0.280. The first-order valence-corrected chi connectivity index (χ1v) is 8.21. The average Bonchev–Trinajstić information content (AvgIpc) is 2.40. The molecule has 0 saturated heterocycles. The molecule has 1 N–H and O–H groups in total. The molecule has 0 aliphatic heterocycles. The van der Waals surface area contributed by atoms with Crippen LogP contribution in [0.25, 0.3) is 0 Å². The summed E-state index contributed by atoms with van der Waals surface area (Å²) in [5, 5.41) is 4.92. The van der Waals surface area contributed by atoms with Crippen LogP contribution in [-0.4, -0.2) is 30.6 Å². The average molecular weight is 317 g/mol. The topological polar surface area (TPSA) is 15.3 Å². The molecule has 1 rings (SSSR count). The summed E-state index contributed by atoms with van der Waals surface area (Å²) in [4.78, 5) is 2.46. The highest BCUT2D eigenvalue weighted by Gasteiger charge is 2.05. The molecule has 0 amide bonds. The third-order valence-electron chi connectivity index (χ3n) is 3.58. The Balaban J connectivity index is 2.27. The fourth-order valence-corrected chi connectivity index (χ4v) is 2.84. The second-order valence-corrected chi connectivity index (χ2v) is 6.10. The van der Waals surface area contributed by atoms with E-state index in [-0.39, 0.29) is 0 Å². The molecule has 0 aromatic heterocycles. The van der Waals surface area contributed by atoms with Crippen molar-refractivity contribution in [3.8, 4) is 0 Å². The monoisotopic (exact) mass is 316 g/mol. The molecule has 0 aliphatic rings. The molecule has 0 radical (unpaired) electrons. The fourth-order valence-electron chi connectivity index (χ4n) is 2.27. The smallest absolute Gasteiger partial charge is 0.0424 e. The van der Waals surface area contributed by atoms with Gasteiger partial charge in [0.25, 0.3) is 0 Å². The Labute approximate surface area is 133 Å². The summed E-state index contributed by atoms with van der Waals surface area (Å²) >= 11 is 12.0. The van der Waals surface area contributed by atoms with Gasteiger partial charge in [-0.1, -0.05) is 37.0 Å². The molecular weight excluding hydrogens is 291 g/mol. The second kappa shape index (κ2) is 9.62. The summed E-state index contributed by atoms with van der Waals surface area (Å²) < 4.78 is 0. The van der Waals surface area contributed by atoms with E-state index >= 15 is 0 Å². The number of benzene rings is 1. The van der Waals surface area contributed by atoms with Gasteiger partial charge < -0.3 is 10.2 Å². The molecule has 0 aliphatic carbocycles. The maximum atomic E-state index is 6.00. The summed E-state index contributed by atoms with van der Waals surface area (Å²) in [5.74, 6) is 0. The van der Waals surface area contributed by atoms with Gasteiger partial charge in [-0.3, -0.25) is 0 Å². The summed E-state index contributed by atoms with van der Waals surface area (Å²) in [6, 6.07) is 6.19. The molecule has 0 spiro atoms. The third-order valence-corrected chi connectivity index (χ3v) is 4.02. The van der Waals surface area contributed by atoms with Gasteiger partial charge in [-0.2, -0.15) is 0 Å². The number of hydrogen-bond donors (Lipinski definition) is 1. The van der Waals surface area contributed by atoms with Crippen LogP contribution in [0.15, 0.2) is 18.2 Å². The quantitative estimate of drug-likeness (QED) is 0.716. The zero-order valence-corrected chi connectivity index (χ0v) is 14.3. The Kier molecular flexibility index (Phi) is 8.55. The molecule has 1 unspecified atom stereocenters. The summed E-state index contributed by atoms with van der Waals surface area (Å²) in [5.41, 5.74) is 1.14. The highest BCUT2D eigenvalue weighted by atomic mass is 35.5. The molecule has 1 aromatic carbocycles. The first kappa shape index (κ1) is 17.8. The Morgan fingerprint density at radius 3 is 2.25 bits per heavy atom. The molecule has 0 fully saturated rings. The Morgan fingerprint density at radius 2 is 1.70 bits per heavy atom. The van der Waals surface area contributed by atoms with Crippen LogP contribution in [0.3, 0.4) is 0 Å². The van der Waals surface area contributed by atoms with Gasteiger partial charge in [0, 0.05) is 22.6 Å². The Bertz CT molecular complexity index is 372. The molecule has 0 bridgehead atoms. The number of nitrogens with one attached hydrogen (secondary N) is 1. The van der Waals surface area contributed by atoms with Crippen molar-refractivity contribution in [2.45, 2.75) is 46.2 Å². The third kappa shape index (κ3) is 6.94. The van der Waals surface area contributed by atoms with E-state index in [0.29, 0.717) is 16.1 Å². The maximum absolute atomic E-state index is 6.00. The van der Waals surface area contributed by atoms with E-state index in [1.165, 1.54) is 19.4 Å². The van der Waals surface area contributed by atoms with E-state index in [4.69, 9.17) is 23.2 Å². The molecular formula is C16H26Cl2N2. The van der Waals surface area contributed by atoms with Crippen LogP contribution in [-0.2, 0) is 6.54 Å². The van der Waals surface area contributed by atoms with E-state index < -0.39 is 0 Å². The van der Waals surface area contributed by atoms with Crippen LogP contribution in [0.2, 0.25) is 10.0 Å². The standard InChI is InChI=1S/C16H26Cl2N2/c1-4-20(5-2)8-6-7-13(3)19-12-14-9-15(17)11-16(18)10-14/h9-11,13,19H,4-8,12H2,1-3H3. The minimum absolute atomic E-state index is 0.503. The van der Waals surface area contributed by atoms with Crippen LogP contribution in [0.4, 0.5) is 0 Å². The highest BCUT2D eigenvalue weighted by molar-refractivity contribution is 6.34. The van der Waals surface area contributed by atoms with Gasteiger partial charge in [0.05, 0.1) is 0 Å². The van der Waals surface area contributed by atoms with Crippen LogP contribution in [0.5, 0.6) is 0 Å². The van der Waals surface area contributed by atoms with Crippen LogP contribution in [0.1, 0.15) is 39.2 Å². The van der Waals surface area contributed by atoms with Crippen LogP contribution >= 0.6 is 23.2 Å². The number of nitrogens with zero attached hydrogens (tertiary/aromatic N) is 1. The maximum Gasteiger partial charge on any atom is 0.0424 e. The van der Waals surface area contributed by atoms with Crippen molar-refractivity contribution >= 4 is 23.2 Å². The van der Waals surface area contributed by atoms with Gasteiger partial charge in [-0.05, 0) is 63.2 Å². The van der Waals surface area contributed by atoms with E-state index in [1.54, 1.807) is 6.07 Å². The molecule has 2 nitrogen and oxygen atoms in total. The van der Waals surface area contributed by atoms with Gasteiger partial charge in [0.1, 0.15) is 0 Å². The Morgan fingerprint density at radius 1 is 1.10 bits per heavy atom.